The Morgan fingerprint density at radius 1 is 1.19 bits per heavy atom. The first kappa shape index (κ1) is 13.6. The van der Waals surface area contributed by atoms with Crippen molar-refractivity contribution in [3.8, 4) is 11.1 Å². The number of benzene rings is 2. The molecular formula is C18H18N2O. The van der Waals surface area contributed by atoms with Gasteiger partial charge in [0, 0.05) is 24.7 Å². The first-order chi connectivity index (χ1) is 10.2. The van der Waals surface area contributed by atoms with Gasteiger partial charge in [-0.25, -0.2) is 0 Å². The molecule has 2 aromatic carbocycles. The molecule has 3 heteroatoms. The highest BCUT2D eigenvalue weighted by molar-refractivity contribution is 5.93. The van der Waals surface area contributed by atoms with Crippen LogP contribution in [0.2, 0.25) is 0 Å². The van der Waals surface area contributed by atoms with Gasteiger partial charge in [0.25, 0.3) is 0 Å². The molecule has 1 unspecified atom stereocenters. The number of carbonyl (C=O) groups is 1. The van der Waals surface area contributed by atoms with Gasteiger partial charge < -0.3 is 4.90 Å². The minimum Gasteiger partial charge on any atom is -0.312 e. The lowest BCUT2D eigenvalue weighted by molar-refractivity contribution is -0.116. The zero-order chi connectivity index (χ0) is 14.8. The third-order valence-corrected chi connectivity index (χ3v) is 4.01. The Labute approximate surface area is 124 Å². The van der Waals surface area contributed by atoms with E-state index in [1.807, 2.05) is 29.2 Å². The van der Waals surface area contributed by atoms with Gasteiger partial charge in [0.05, 0.1) is 6.04 Å². The first-order valence-corrected chi connectivity index (χ1v) is 7.14. The van der Waals surface area contributed by atoms with E-state index in [2.05, 4.69) is 36.0 Å². The van der Waals surface area contributed by atoms with Crippen molar-refractivity contribution in [3.63, 3.8) is 0 Å². The van der Waals surface area contributed by atoms with Crippen molar-refractivity contribution in [1.29, 1.82) is 0 Å². The number of carbonyl (C=O) groups excluding carboxylic acids is 1. The van der Waals surface area contributed by atoms with Crippen molar-refractivity contribution in [2.24, 2.45) is 4.99 Å². The predicted octanol–water partition coefficient (Wildman–Crippen LogP) is 3.85. The van der Waals surface area contributed by atoms with Gasteiger partial charge in [-0.15, -0.1) is 0 Å². The monoisotopic (exact) mass is 278 g/mol. The molecule has 1 heterocycles. The van der Waals surface area contributed by atoms with Crippen LogP contribution >= 0.6 is 0 Å². The molecule has 3 nitrogen and oxygen atoms in total. The summed E-state index contributed by atoms with van der Waals surface area (Å²) < 4.78 is 0. The van der Waals surface area contributed by atoms with Gasteiger partial charge in [0.15, 0.2) is 0 Å². The van der Waals surface area contributed by atoms with Crippen LogP contribution in [-0.4, -0.2) is 19.2 Å². The normalized spacial score (nSPS) is 17.2. The molecule has 0 aliphatic carbocycles. The minimum absolute atomic E-state index is 0.0688. The number of rotatable bonds is 2. The third kappa shape index (κ3) is 2.47. The lowest BCUT2D eigenvalue weighted by Crippen LogP contribution is -2.34. The smallest absolute Gasteiger partial charge is 0.223 e. The number of anilines is 1. The van der Waals surface area contributed by atoms with Gasteiger partial charge in [-0.05, 0) is 36.4 Å². The summed E-state index contributed by atoms with van der Waals surface area (Å²) in [6, 6.07) is 16.5. The van der Waals surface area contributed by atoms with E-state index < -0.39 is 0 Å². The van der Waals surface area contributed by atoms with Crippen LogP contribution in [0.4, 0.5) is 5.69 Å². The number of fused-ring (bicyclic) bond motifs is 1. The van der Waals surface area contributed by atoms with Crippen molar-refractivity contribution >= 4 is 18.3 Å². The van der Waals surface area contributed by atoms with Crippen molar-refractivity contribution in [3.05, 3.63) is 54.1 Å². The Hall–Kier alpha value is -2.42. The van der Waals surface area contributed by atoms with Crippen LogP contribution in [0.1, 0.15) is 24.9 Å². The highest BCUT2D eigenvalue weighted by Crippen LogP contribution is 2.38. The van der Waals surface area contributed by atoms with Crippen molar-refractivity contribution in [2.75, 3.05) is 11.4 Å². The Morgan fingerprint density at radius 2 is 1.95 bits per heavy atom. The molecule has 1 amide bonds. The van der Waals surface area contributed by atoms with E-state index in [0.29, 0.717) is 6.54 Å². The number of hydrogen-bond donors (Lipinski definition) is 0. The second-order valence-corrected chi connectivity index (χ2v) is 5.30. The summed E-state index contributed by atoms with van der Waals surface area (Å²) in [6.07, 6.45) is 0.828. The lowest BCUT2D eigenvalue weighted by Gasteiger charge is -2.32. The maximum absolute atomic E-state index is 11.8. The molecule has 1 atom stereocenters. The zero-order valence-electron chi connectivity index (χ0n) is 12.1. The highest BCUT2D eigenvalue weighted by atomic mass is 16.2. The van der Waals surface area contributed by atoms with Crippen LogP contribution in [-0.2, 0) is 4.79 Å². The molecule has 3 rings (SSSR count). The molecule has 1 aliphatic rings. The average molecular weight is 278 g/mol. The average Bonchev–Trinajstić information content (AvgIpc) is 2.54. The van der Waals surface area contributed by atoms with Gasteiger partial charge in [-0.2, -0.15) is 0 Å². The molecular weight excluding hydrogens is 260 g/mol. The van der Waals surface area contributed by atoms with E-state index in [1.165, 1.54) is 5.56 Å². The SMILES string of the molecule is C=NC1CCN(C(C)=O)c2ccc(-c3ccccc3)cc21. The largest absolute Gasteiger partial charge is 0.312 e. The van der Waals surface area contributed by atoms with Crippen LogP contribution in [0.3, 0.4) is 0 Å². The van der Waals surface area contributed by atoms with Crippen LogP contribution in [0.25, 0.3) is 11.1 Å². The second-order valence-electron chi connectivity index (χ2n) is 5.30. The number of amides is 1. The van der Waals surface area contributed by atoms with E-state index in [-0.39, 0.29) is 11.9 Å². The van der Waals surface area contributed by atoms with Crippen molar-refractivity contribution in [1.82, 2.24) is 0 Å². The molecule has 0 fully saturated rings. The molecule has 0 radical (unpaired) electrons. The summed E-state index contributed by atoms with van der Waals surface area (Å²) in [5, 5.41) is 0. The fourth-order valence-corrected chi connectivity index (χ4v) is 2.92. The van der Waals surface area contributed by atoms with Crippen LogP contribution in [0, 0.1) is 0 Å². The fourth-order valence-electron chi connectivity index (χ4n) is 2.92. The number of hydrogen-bond acceptors (Lipinski definition) is 2. The topological polar surface area (TPSA) is 32.7 Å². The Kier molecular flexibility index (Phi) is 3.57. The maximum Gasteiger partial charge on any atom is 0.223 e. The lowest BCUT2D eigenvalue weighted by atomic mass is 9.93. The van der Waals surface area contributed by atoms with Gasteiger partial charge in [-0.1, -0.05) is 36.4 Å². The summed E-state index contributed by atoms with van der Waals surface area (Å²) in [7, 11) is 0. The molecule has 0 N–H and O–H groups in total. The number of nitrogens with zero attached hydrogens (tertiary/aromatic N) is 2. The molecule has 1 aliphatic heterocycles. The van der Waals surface area contributed by atoms with E-state index in [0.717, 1.165) is 23.2 Å². The van der Waals surface area contributed by atoms with E-state index in [9.17, 15) is 4.79 Å². The fraction of sp³-hybridized carbons (Fsp3) is 0.222. The van der Waals surface area contributed by atoms with Gasteiger partial charge >= 0.3 is 0 Å². The van der Waals surface area contributed by atoms with Gasteiger partial charge in [0.1, 0.15) is 0 Å². The van der Waals surface area contributed by atoms with Gasteiger partial charge in [-0.3, -0.25) is 9.79 Å². The highest BCUT2D eigenvalue weighted by Gasteiger charge is 2.26. The van der Waals surface area contributed by atoms with Gasteiger partial charge in [0.2, 0.25) is 5.91 Å². The number of aliphatic imine (C=N–C) groups is 1. The Bertz CT molecular complexity index is 679. The van der Waals surface area contributed by atoms with Crippen LogP contribution < -0.4 is 4.90 Å². The zero-order valence-corrected chi connectivity index (χ0v) is 12.1. The first-order valence-electron chi connectivity index (χ1n) is 7.14. The van der Waals surface area contributed by atoms with Crippen molar-refractivity contribution in [2.45, 2.75) is 19.4 Å². The van der Waals surface area contributed by atoms with Crippen LogP contribution in [0.5, 0.6) is 0 Å². The Balaban J connectivity index is 2.10. The molecule has 0 bridgehead atoms. The summed E-state index contributed by atoms with van der Waals surface area (Å²) in [4.78, 5) is 17.8. The predicted molar refractivity (Wildman–Crippen MR) is 86.8 cm³/mol. The molecule has 106 valence electrons. The third-order valence-electron chi connectivity index (χ3n) is 4.01. The Morgan fingerprint density at radius 3 is 2.62 bits per heavy atom. The molecule has 0 aromatic heterocycles. The minimum atomic E-state index is 0.0688. The summed E-state index contributed by atoms with van der Waals surface area (Å²) >= 11 is 0. The van der Waals surface area contributed by atoms with E-state index in [4.69, 9.17) is 0 Å². The molecule has 2 aromatic rings. The standard InChI is InChI=1S/C18H18N2O/c1-13(21)20-11-10-17(19-2)16-12-15(8-9-18(16)20)14-6-4-3-5-7-14/h3-9,12,17H,2,10-11H2,1H3. The second kappa shape index (κ2) is 5.52. The van der Waals surface area contributed by atoms with E-state index >= 15 is 0 Å². The molecule has 0 spiro atoms. The summed E-state index contributed by atoms with van der Waals surface area (Å²) in [6.45, 7) is 6.01. The molecule has 0 saturated carbocycles. The molecule has 0 saturated heterocycles. The van der Waals surface area contributed by atoms with Crippen LogP contribution in [0.15, 0.2) is 53.5 Å². The van der Waals surface area contributed by atoms with E-state index in [1.54, 1.807) is 6.92 Å². The maximum atomic E-state index is 11.8. The molecule has 21 heavy (non-hydrogen) atoms. The van der Waals surface area contributed by atoms with Crippen molar-refractivity contribution < 1.29 is 4.79 Å². The quantitative estimate of drug-likeness (QED) is 0.768. The summed E-state index contributed by atoms with van der Waals surface area (Å²) in [5.41, 5.74) is 4.37. The summed E-state index contributed by atoms with van der Waals surface area (Å²) in [5.74, 6) is 0.0752.